The second-order valence-electron chi connectivity index (χ2n) is 5.42. The van der Waals surface area contributed by atoms with E-state index in [2.05, 4.69) is 16.6 Å². The van der Waals surface area contributed by atoms with Crippen molar-refractivity contribution in [3.63, 3.8) is 0 Å². The van der Waals surface area contributed by atoms with Gasteiger partial charge in [-0.1, -0.05) is 17.7 Å². The molecule has 26 heavy (non-hydrogen) atoms. The highest BCUT2D eigenvalue weighted by molar-refractivity contribution is 7.92. The Bertz CT molecular complexity index is 896. The third-order valence-electron chi connectivity index (χ3n) is 3.36. The normalized spacial score (nSPS) is 10.8. The second kappa shape index (κ2) is 8.73. The number of halogens is 1. The zero-order valence-electron chi connectivity index (χ0n) is 14.2. The number of aryl methyl sites for hydroxylation is 1. The number of anilines is 1. The highest BCUT2D eigenvalue weighted by Gasteiger charge is 2.16. The van der Waals surface area contributed by atoms with Crippen molar-refractivity contribution < 1.29 is 17.9 Å². The summed E-state index contributed by atoms with van der Waals surface area (Å²) in [6, 6.07) is 10.8. The third kappa shape index (κ3) is 5.50. The first-order valence-corrected chi connectivity index (χ1v) is 9.57. The molecule has 0 unspecified atom stereocenters. The molecule has 0 radical (unpaired) electrons. The zero-order chi connectivity index (χ0) is 19.2. The van der Waals surface area contributed by atoms with Crippen LogP contribution in [0.1, 0.15) is 5.56 Å². The lowest BCUT2D eigenvalue weighted by Crippen LogP contribution is -2.28. The first-order valence-electron chi connectivity index (χ1n) is 7.71. The third-order valence-corrected chi connectivity index (χ3v) is 4.99. The molecule has 0 spiro atoms. The van der Waals surface area contributed by atoms with Crippen molar-refractivity contribution in [2.45, 2.75) is 11.8 Å². The number of ether oxygens (including phenoxy) is 1. The lowest BCUT2D eigenvalue weighted by Gasteiger charge is -2.12. The van der Waals surface area contributed by atoms with Crippen molar-refractivity contribution in [3.8, 4) is 5.75 Å². The van der Waals surface area contributed by atoms with Crippen molar-refractivity contribution in [2.24, 2.45) is 0 Å². The molecule has 2 N–H and O–H groups in total. The Morgan fingerprint density at radius 1 is 1.23 bits per heavy atom. The molecule has 0 aliphatic rings. The summed E-state index contributed by atoms with van der Waals surface area (Å²) in [4.78, 5) is 11.6. The molecule has 0 bridgehead atoms. The molecule has 138 valence electrons. The number of benzene rings is 2. The maximum Gasteiger partial charge on any atom is 0.261 e. The molecule has 0 saturated carbocycles. The Morgan fingerprint density at radius 2 is 1.92 bits per heavy atom. The van der Waals surface area contributed by atoms with Gasteiger partial charge in [0.05, 0.1) is 4.90 Å². The van der Waals surface area contributed by atoms with E-state index in [1.165, 1.54) is 18.2 Å². The largest absolute Gasteiger partial charge is 0.484 e. The number of sulfonamides is 1. The van der Waals surface area contributed by atoms with Crippen molar-refractivity contribution in [1.29, 1.82) is 0 Å². The molecular formula is C18H19ClN2O4S. The lowest BCUT2D eigenvalue weighted by molar-refractivity contribution is -0.122. The fourth-order valence-electron chi connectivity index (χ4n) is 2.06. The number of hydrogen-bond donors (Lipinski definition) is 2. The van der Waals surface area contributed by atoms with Crippen LogP contribution in [0.3, 0.4) is 0 Å². The van der Waals surface area contributed by atoms with E-state index in [1.807, 2.05) is 0 Å². The van der Waals surface area contributed by atoms with Gasteiger partial charge in [0.1, 0.15) is 5.75 Å². The summed E-state index contributed by atoms with van der Waals surface area (Å²) in [7, 11) is -3.75. The van der Waals surface area contributed by atoms with Gasteiger partial charge in [-0.05, 0) is 55.0 Å². The van der Waals surface area contributed by atoms with Gasteiger partial charge in [0, 0.05) is 17.3 Å². The van der Waals surface area contributed by atoms with Gasteiger partial charge in [-0.25, -0.2) is 8.42 Å². The van der Waals surface area contributed by atoms with E-state index in [0.29, 0.717) is 28.6 Å². The first kappa shape index (κ1) is 19.8. The average molecular weight is 395 g/mol. The van der Waals surface area contributed by atoms with Crippen LogP contribution in [-0.2, 0) is 14.8 Å². The van der Waals surface area contributed by atoms with Crippen LogP contribution in [-0.4, -0.2) is 27.5 Å². The Morgan fingerprint density at radius 3 is 2.54 bits per heavy atom. The van der Waals surface area contributed by atoms with Crippen LogP contribution in [0.5, 0.6) is 5.75 Å². The number of carbonyl (C=O) groups is 1. The standard InChI is InChI=1S/C18H19ClN2O4S/c1-3-10-20-18(22)12-25-17-9-8-16(11-13(17)2)26(23,24)21-15-6-4-14(19)5-7-15/h3-9,11,21H,1,10,12H2,2H3,(H,20,22). The van der Waals surface area contributed by atoms with Crippen molar-refractivity contribution >= 4 is 33.2 Å². The minimum absolute atomic E-state index is 0.0911. The summed E-state index contributed by atoms with van der Waals surface area (Å²) >= 11 is 5.79. The molecular weight excluding hydrogens is 376 g/mol. The summed E-state index contributed by atoms with van der Waals surface area (Å²) < 4.78 is 32.9. The van der Waals surface area contributed by atoms with E-state index in [9.17, 15) is 13.2 Å². The molecule has 2 aromatic rings. The number of hydrogen-bond acceptors (Lipinski definition) is 4. The Balaban J connectivity index is 2.08. The summed E-state index contributed by atoms with van der Waals surface area (Å²) in [5.74, 6) is 0.148. The van der Waals surface area contributed by atoms with Gasteiger partial charge in [-0.15, -0.1) is 6.58 Å². The van der Waals surface area contributed by atoms with Crippen LogP contribution >= 0.6 is 11.6 Å². The molecule has 0 heterocycles. The molecule has 0 aromatic heterocycles. The topological polar surface area (TPSA) is 84.5 Å². The predicted molar refractivity (Wildman–Crippen MR) is 102 cm³/mol. The zero-order valence-corrected chi connectivity index (χ0v) is 15.7. The Labute approximate surface area is 157 Å². The minimum atomic E-state index is -3.75. The Hall–Kier alpha value is -2.51. The molecule has 2 rings (SSSR count). The molecule has 1 amide bonds. The van der Waals surface area contributed by atoms with E-state index < -0.39 is 10.0 Å². The molecule has 0 fully saturated rings. The minimum Gasteiger partial charge on any atom is -0.484 e. The molecule has 8 heteroatoms. The van der Waals surface area contributed by atoms with E-state index in [0.717, 1.165) is 0 Å². The predicted octanol–water partition coefficient (Wildman–Crippen LogP) is 3.13. The summed E-state index contributed by atoms with van der Waals surface area (Å²) in [5, 5.41) is 3.11. The monoisotopic (exact) mass is 394 g/mol. The van der Waals surface area contributed by atoms with E-state index >= 15 is 0 Å². The van der Waals surface area contributed by atoms with Gasteiger partial charge < -0.3 is 10.1 Å². The quantitative estimate of drug-likeness (QED) is 0.673. The van der Waals surface area contributed by atoms with Crippen molar-refractivity contribution in [3.05, 3.63) is 65.7 Å². The van der Waals surface area contributed by atoms with Crippen LogP contribution < -0.4 is 14.8 Å². The van der Waals surface area contributed by atoms with Gasteiger partial charge in [0.15, 0.2) is 6.61 Å². The van der Waals surface area contributed by atoms with E-state index in [-0.39, 0.29) is 17.4 Å². The van der Waals surface area contributed by atoms with Gasteiger partial charge in [0.2, 0.25) is 0 Å². The fourth-order valence-corrected chi connectivity index (χ4v) is 3.33. The molecule has 6 nitrogen and oxygen atoms in total. The molecule has 0 aliphatic heterocycles. The summed E-state index contributed by atoms with van der Waals surface area (Å²) in [6.07, 6.45) is 1.57. The number of carbonyl (C=O) groups excluding carboxylic acids is 1. The van der Waals surface area contributed by atoms with Gasteiger partial charge in [-0.2, -0.15) is 0 Å². The lowest BCUT2D eigenvalue weighted by atomic mass is 10.2. The first-order chi connectivity index (χ1) is 12.3. The van der Waals surface area contributed by atoms with E-state index in [1.54, 1.807) is 37.3 Å². The highest BCUT2D eigenvalue weighted by Crippen LogP contribution is 2.24. The van der Waals surface area contributed by atoms with Gasteiger partial charge in [0.25, 0.3) is 15.9 Å². The van der Waals surface area contributed by atoms with Gasteiger partial charge in [-0.3, -0.25) is 9.52 Å². The maximum absolute atomic E-state index is 12.5. The van der Waals surface area contributed by atoms with Crippen molar-refractivity contribution in [2.75, 3.05) is 17.9 Å². The number of rotatable bonds is 8. The fraction of sp³-hybridized carbons (Fsp3) is 0.167. The maximum atomic E-state index is 12.5. The number of nitrogens with one attached hydrogen (secondary N) is 2. The van der Waals surface area contributed by atoms with E-state index in [4.69, 9.17) is 16.3 Å². The summed E-state index contributed by atoms with van der Waals surface area (Å²) in [5.41, 5.74) is 1.01. The molecule has 0 aliphatic carbocycles. The highest BCUT2D eigenvalue weighted by atomic mass is 35.5. The number of amides is 1. The Kier molecular flexibility index (Phi) is 6.65. The van der Waals surface area contributed by atoms with Crippen LogP contribution in [0.25, 0.3) is 0 Å². The molecule has 0 saturated heterocycles. The van der Waals surface area contributed by atoms with Crippen LogP contribution in [0.4, 0.5) is 5.69 Å². The van der Waals surface area contributed by atoms with Crippen LogP contribution in [0.15, 0.2) is 60.0 Å². The van der Waals surface area contributed by atoms with Gasteiger partial charge >= 0.3 is 0 Å². The molecule has 0 atom stereocenters. The van der Waals surface area contributed by atoms with Crippen molar-refractivity contribution in [1.82, 2.24) is 5.32 Å². The average Bonchev–Trinajstić information content (AvgIpc) is 2.60. The van der Waals surface area contributed by atoms with Crippen LogP contribution in [0, 0.1) is 6.92 Å². The molecule has 2 aromatic carbocycles. The van der Waals surface area contributed by atoms with Crippen LogP contribution in [0.2, 0.25) is 5.02 Å². The smallest absolute Gasteiger partial charge is 0.261 e. The summed E-state index contributed by atoms with van der Waals surface area (Å²) in [6.45, 7) is 5.41. The second-order valence-corrected chi connectivity index (χ2v) is 7.54. The SMILES string of the molecule is C=CCNC(=O)COc1ccc(S(=O)(=O)Nc2ccc(Cl)cc2)cc1C.